The molecule has 0 spiro atoms. The van der Waals surface area contributed by atoms with E-state index < -0.39 is 5.91 Å². The fourth-order valence-corrected chi connectivity index (χ4v) is 3.48. The van der Waals surface area contributed by atoms with Gasteiger partial charge in [-0.1, -0.05) is 28.9 Å². The van der Waals surface area contributed by atoms with Crippen molar-refractivity contribution in [2.24, 2.45) is 0 Å². The zero-order valence-electron chi connectivity index (χ0n) is 19.8. The number of benzene rings is 1. The number of hydrogen-bond donors (Lipinski definition) is 1. The number of nitrogens with one attached hydrogen (secondary N) is 1. The van der Waals surface area contributed by atoms with Crippen LogP contribution in [0.2, 0.25) is 5.02 Å². The number of aromatic nitrogens is 4. The molecule has 1 amide bonds. The fraction of sp³-hybridized carbons (Fsp3) is 0.200. The highest BCUT2D eigenvalue weighted by molar-refractivity contribution is 6.33. The van der Waals surface area contributed by atoms with Gasteiger partial charge in [0.15, 0.2) is 0 Å². The number of halogens is 1. The predicted octanol–water partition coefficient (Wildman–Crippen LogP) is 4.22. The van der Waals surface area contributed by atoms with Gasteiger partial charge < -0.3 is 19.5 Å². The van der Waals surface area contributed by atoms with E-state index in [4.69, 9.17) is 20.9 Å². The fourth-order valence-electron chi connectivity index (χ4n) is 3.20. The van der Waals surface area contributed by atoms with Crippen molar-refractivity contribution in [3.8, 4) is 34.5 Å². The Morgan fingerprint density at radius 1 is 1.19 bits per heavy atom. The summed E-state index contributed by atoms with van der Waals surface area (Å²) in [4.78, 5) is 27.4. The second-order valence-corrected chi connectivity index (χ2v) is 8.45. The molecule has 0 aliphatic rings. The van der Waals surface area contributed by atoms with E-state index in [-0.39, 0.29) is 11.4 Å². The van der Waals surface area contributed by atoms with Crippen LogP contribution in [-0.2, 0) is 0 Å². The van der Waals surface area contributed by atoms with Gasteiger partial charge in [0, 0.05) is 36.9 Å². The van der Waals surface area contributed by atoms with Crippen molar-refractivity contribution in [1.82, 2.24) is 25.0 Å². The zero-order valence-corrected chi connectivity index (χ0v) is 20.6. The third kappa shape index (κ3) is 5.83. The van der Waals surface area contributed by atoms with E-state index in [0.29, 0.717) is 52.5 Å². The van der Waals surface area contributed by atoms with Crippen LogP contribution in [0.25, 0.3) is 22.6 Å². The van der Waals surface area contributed by atoms with E-state index in [2.05, 4.69) is 25.4 Å². The molecule has 182 valence electrons. The van der Waals surface area contributed by atoms with Crippen molar-refractivity contribution in [3.05, 3.63) is 70.8 Å². The minimum absolute atomic E-state index is 0.262. The molecule has 0 saturated carbocycles. The SMILES string of the molecule is Cc1nc(-c2ccc(-c3ccc(C(=O)Nc4cc(OCCN(C)C)c(C#N)cn4)cn3)c(Cl)c2)no1. The van der Waals surface area contributed by atoms with Crippen molar-refractivity contribution in [2.45, 2.75) is 6.92 Å². The van der Waals surface area contributed by atoms with Crippen LogP contribution in [0.5, 0.6) is 5.75 Å². The molecule has 3 heterocycles. The molecule has 0 bridgehead atoms. The number of likely N-dealkylation sites (N-methyl/N-ethyl adjacent to an activating group) is 1. The molecular formula is C25H22ClN7O3. The number of carbonyl (C=O) groups excluding carboxylic acids is 1. The average molecular weight is 504 g/mol. The Bertz CT molecular complexity index is 1430. The zero-order chi connectivity index (χ0) is 25.7. The lowest BCUT2D eigenvalue weighted by atomic mass is 10.1. The quantitative estimate of drug-likeness (QED) is 0.375. The molecule has 3 aromatic heterocycles. The van der Waals surface area contributed by atoms with Crippen LogP contribution in [0.3, 0.4) is 0 Å². The Balaban J connectivity index is 1.46. The van der Waals surface area contributed by atoms with Crippen LogP contribution < -0.4 is 10.1 Å². The van der Waals surface area contributed by atoms with Gasteiger partial charge in [-0.2, -0.15) is 10.2 Å². The summed E-state index contributed by atoms with van der Waals surface area (Å²) in [7, 11) is 3.85. The lowest BCUT2D eigenvalue weighted by Gasteiger charge is -2.13. The van der Waals surface area contributed by atoms with E-state index in [1.807, 2.05) is 37.2 Å². The Kier molecular flexibility index (Phi) is 7.53. The van der Waals surface area contributed by atoms with Gasteiger partial charge in [-0.05, 0) is 32.3 Å². The summed E-state index contributed by atoms with van der Waals surface area (Å²) in [6, 6.07) is 12.3. The highest BCUT2D eigenvalue weighted by Gasteiger charge is 2.14. The summed E-state index contributed by atoms with van der Waals surface area (Å²) in [5.74, 6) is 1.12. The van der Waals surface area contributed by atoms with E-state index in [1.165, 1.54) is 18.5 Å². The second kappa shape index (κ2) is 10.9. The normalized spacial score (nSPS) is 10.8. The van der Waals surface area contributed by atoms with E-state index in [9.17, 15) is 10.1 Å². The topological polar surface area (TPSA) is 130 Å². The first-order chi connectivity index (χ1) is 17.3. The van der Waals surface area contributed by atoms with Gasteiger partial charge in [0.25, 0.3) is 5.91 Å². The number of nitrogens with zero attached hydrogens (tertiary/aromatic N) is 6. The van der Waals surface area contributed by atoms with Crippen molar-refractivity contribution in [2.75, 3.05) is 32.6 Å². The standard InChI is InChI=1S/C25H22ClN7O3/c1-15-30-24(32-36-15)16-4-6-19(20(26)10-16)21-7-5-17(13-28-21)25(34)31-23-11-22(18(12-27)14-29-23)35-9-8-33(2)3/h4-7,10-11,13-14H,8-9H2,1-3H3,(H,29,31,34). The number of rotatable bonds is 8. The van der Waals surface area contributed by atoms with Crippen LogP contribution >= 0.6 is 11.6 Å². The number of hydrogen-bond acceptors (Lipinski definition) is 9. The number of ether oxygens (including phenoxy) is 1. The molecule has 4 aromatic rings. The number of nitriles is 1. The minimum Gasteiger partial charge on any atom is -0.491 e. The first-order valence-electron chi connectivity index (χ1n) is 10.9. The van der Waals surface area contributed by atoms with Crippen LogP contribution in [0.1, 0.15) is 21.8 Å². The van der Waals surface area contributed by atoms with Gasteiger partial charge in [0.05, 0.1) is 22.5 Å². The molecule has 0 unspecified atom stereocenters. The minimum atomic E-state index is -0.403. The molecule has 0 saturated heterocycles. The lowest BCUT2D eigenvalue weighted by molar-refractivity contribution is 0.102. The molecule has 1 N–H and O–H groups in total. The second-order valence-electron chi connectivity index (χ2n) is 8.05. The van der Waals surface area contributed by atoms with E-state index >= 15 is 0 Å². The third-order valence-electron chi connectivity index (χ3n) is 5.08. The van der Waals surface area contributed by atoms with Crippen LogP contribution in [-0.4, -0.2) is 58.2 Å². The Morgan fingerprint density at radius 2 is 2.03 bits per heavy atom. The number of carbonyl (C=O) groups is 1. The highest BCUT2D eigenvalue weighted by atomic mass is 35.5. The maximum atomic E-state index is 12.7. The first kappa shape index (κ1) is 24.8. The van der Waals surface area contributed by atoms with Gasteiger partial charge in [0.2, 0.25) is 11.7 Å². The number of amides is 1. The third-order valence-corrected chi connectivity index (χ3v) is 5.39. The van der Waals surface area contributed by atoms with Crippen LogP contribution in [0, 0.1) is 18.3 Å². The molecule has 0 aliphatic heterocycles. The monoisotopic (exact) mass is 503 g/mol. The molecule has 0 radical (unpaired) electrons. The lowest BCUT2D eigenvalue weighted by Crippen LogP contribution is -2.20. The summed E-state index contributed by atoms with van der Waals surface area (Å²) in [6.45, 7) is 2.78. The number of pyridine rings is 2. The molecule has 4 rings (SSSR count). The average Bonchev–Trinajstić information content (AvgIpc) is 3.30. The van der Waals surface area contributed by atoms with Gasteiger partial charge in [-0.25, -0.2) is 4.98 Å². The molecule has 0 aliphatic carbocycles. The molecule has 0 fully saturated rings. The number of anilines is 1. The van der Waals surface area contributed by atoms with E-state index in [0.717, 1.165) is 5.56 Å². The van der Waals surface area contributed by atoms with Crippen molar-refractivity contribution in [3.63, 3.8) is 0 Å². The van der Waals surface area contributed by atoms with E-state index in [1.54, 1.807) is 25.1 Å². The van der Waals surface area contributed by atoms with Gasteiger partial charge >= 0.3 is 0 Å². The van der Waals surface area contributed by atoms with Gasteiger partial charge in [0.1, 0.15) is 29.8 Å². The van der Waals surface area contributed by atoms with Gasteiger partial charge in [-0.15, -0.1) is 0 Å². The van der Waals surface area contributed by atoms with Crippen LogP contribution in [0.4, 0.5) is 5.82 Å². The summed E-state index contributed by atoms with van der Waals surface area (Å²) in [5.41, 5.74) is 2.63. The summed E-state index contributed by atoms with van der Waals surface area (Å²) in [5, 5.41) is 16.4. The molecule has 36 heavy (non-hydrogen) atoms. The largest absolute Gasteiger partial charge is 0.491 e. The van der Waals surface area contributed by atoms with Crippen LogP contribution in [0.15, 0.2) is 53.3 Å². The van der Waals surface area contributed by atoms with Crippen molar-refractivity contribution in [1.29, 1.82) is 5.26 Å². The first-order valence-corrected chi connectivity index (χ1v) is 11.3. The molecule has 1 aromatic carbocycles. The Labute approximate surface area is 212 Å². The Hall–Kier alpha value is -4.33. The molecule has 0 atom stereocenters. The summed E-state index contributed by atoms with van der Waals surface area (Å²) >= 11 is 6.47. The summed E-state index contributed by atoms with van der Waals surface area (Å²) in [6.07, 6.45) is 2.82. The predicted molar refractivity (Wildman–Crippen MR) is 134 cm³/mol. The summed E-state index contributed by atoms with van der Waals surface area (Å²) < 4.78 is 10.7. The van der Waals surface area contributed by atoms with Crippen molar-refractivity contribution < 1.29 is 14.1 Å². The molecule has 11 heteroatoms. The van der Waals surface area contributed by atoms with Crippen molar-refractivity contribution >= 4 is 23.3 Å². The molecule has 10 nitrogen and oxygen atoms in total. The van der Waals surface area contributed by atoms with Gasteiger partial charge in [-0.3, -0.25) is 9.78 Å². The smallest absolute Gasteiger partial charge is 0.258 e. The number of aryl methyl sites for hydroxylation is 1. The maximum absolute atomic E-state index is 12.7. The Morgan fingerprint density at radius 3 is 2.67 bits per heavy atom. The molecular weight excluding hydrogens is 482 g/mol. The highest BCUT2D eigenvalue weighted by Crippen LogP contribution is 2.30. The maximum Gasteiger partial charge on any atom is 0.258 e.